The number of aromatic amines is 1. The summed E-state index contributed by atoms with van der Waals surface area (Å²) in [5.74, 6) is 0. The fourth-order valence-corrected chi connectivity index (χ4v) is 3.86. The lowest BCUT2D eigenvalue weighted by molar-refractivity contribution is 0.194. The molecule has 7 heteroatoms. The first-order valence-electron chi connectivity index (χ1n) is 11.0. The molecule has 2 aromatic carbocycles. The van der Waals surface area contributed by atoms with Crippen LogP contribution in [-0.4, -0.2) is 47.0 Å². The zero-order valence-corrected chi connectivity index (χ0v) is 19.9. The van der Waals surface area contributed by atoms with Crippen LogP contribution in [-0.2, 0) is 6.54 Å². The smallest absolute Gasteiger partial charge is 0.321 e. The van der Waals surface area contributed by atoms with E-state index in [2.05, 4.69) is 29.0 Å². The molecule has 170 valence electrons. The number of urea groups is 1. The van der Waals surface area contributed by atoms with Gasteiger partial charge in [-0.3, -0.25) is 4.79 Å². The highest BCUT2D eigenvalue weighted by Gasteiger charge is 2.18. The Bertz CT molecular complexity index is 1140. The van der Waals surface area contributed by atoms with Crippen LogP contribution in [0.3, 0.4) is 0 Å². The number of rotatable bonds is 8. The van der Waals surface area contributed by atoms with Gasteiger partial charge in [0.15, 0.2) is 0 Å². The summed E-state index contributed by atoms with van der Waals surface area (Å²) in [6.45, 7) is 11.5. The van der Waals surface area contributed by atoms with Gasteiger partial charge in [-0.25, -0.2) is 4.79 Å². The SMILES string of the molecule is CCN(CC)CCN(Cc1cc2c(C)ccc(C)c2[nH]c1=O)C(=O)Nc1ccc(Cl)cc1. The summed E-state index contributed by atoms with van der Waals surface area (Å²) < 4.78 is 0. The molecule has 0 unspecified atom stereocenters. The Kier molecular flexibility index (Phi) is 7.94. The Hall–Kier alpha value is -2.83. The van der Waals surface area contributed by atoms with Crippen LogP contribution in [0.2, 0.25) is 5.02 Å². The predicted molar refractivity (Wildman–Crippen MR) is 133 cm³/mol. The number of aryl methyl sites for hydroxylation is 2. The number of benzene rings is 2. The Morgan fingerprint density at radius 3 is 2.31 bits per heavy atom. The van der Waals surface area contributed by atoms with E-state index in [1.165, 1.54) is 0 Å². The van der Waals surface area contributed by atoms with E-state index in [0.29, 0.717) is 22.8 Å². The molecule has 0 atom stereocenters. The summed E-state index contributed by atoms with van der Waals surface area (Å²) in [5, 5.41) is 4.53. The fraction of sp³-hybridized carbons (Fsp3) is 0.360. The van der Waals surface area contributed by atoms with Gasteiger partial charge in [-0.1, -0.05) is 37.6 Å². The largest absolute Gasteiger partial charge is 0.322 e. The standard InChI is InChI=1S/C25H31ClN4O2/c1-5-29(6-2)13-14-30(25(32)27-21-11-9-20(26)10-12-21)16-19-15-22-17(3)7-8-18(4)23(22)28-24(19)31/h7-12,15H,5-6,13-14,16H2,1-4H3,(H,27,32)(H,28,31). The van der Waals surface area contributed by atoms with E-state index in [1.807, 2.05) is 32.0 Å². The van der Waals surface area contributed by atoms with Gasteiger partial charge >= 0.3 is 6.03 Å². The molecule has 0 radical (unpaired) electrons. The highest BCUT2D eigenvalue weighted by atomic mass is 35.5. The van der Waals surface area contributed by atoms with Crippen LogP contribution in [0.15, 0.2) is 47.3 Å². The molecule has 0 bridgehead atoms. The lowest BCUT2D eigenvalue weighted by Gasteiger charge is -2.27. The lowest BCUT2D eigenvalue weighted by Crippen LogP contribution is -2.41. The van der Waals surface area contributed by atoms with Crippen LogP contribution in [0.4, 0.5) is 10.5 Å². The summed E-state index contributed by atoms with van der Waals surface area (Å²) in [5.41, 5.74) is 4.01. The molecular formula is C25H31ClN4O2. The van der Waals surface area contributed by atoms with E-state index in [9.17, 15) is 9.59 Å². The number of carbonyl (C=O) groups is 1. The molecule has 0 fully saturated rings. The van der Waals surface area contributed by atoms with E-state index >= 15 is 0 Å². The zero-order chi connectivity index (χ0) is 23.3. The van der Waals surface area contributed by atoms with Crippen molar-refractivity contribution in [1.29, 1.82) is 0 Å². The van der Waals surface area contributed by atoms with Crippen molar-refractivity contribution in [1.82, 2.24) is 14.8 Å². The van der Waals surface area contributed by atoms with Crippen LogP contribution < -0.4 is 10.9 Å². The van der Waals surface area contributed by atoms with E-state index in [4.69, 9.17) is 11.6 Å². The van der Waals surface area contributed by atoms with Crippen molar-refractivity contribution in [3.05, 3.63) is 74.5 Å². The lowest BCUT2D eigenvalue weighted by atomic mass is 10.0. The number of nitrogens with zero attached hydrogens (tertiary/aromatic N) is 2. The summed E-state index contributed by atoms with van der Waals surface area (Å²) >= 11 is 5.96. The molecule has 0 spiro atoms. The number of pyridine rings is 1. The van der Waals surface area contributed by atoms with Crippen molar-refractivity contribution in [3.63, 3.8) is 0 Å². The highest BCUT2D eigenvalue weighted by Crippen LogP contribution is 2.20. The van der Waals surface area contributed by atoms with Gasteiger partial charge in [-0.2, -0.15) is 0 Å². The molecule has 0 aliphatic heterocycles. The maximum Gasteiger partial charge on any atom is 0.322 e. The molecule has 3 aromatic rings. The zero-order valence-electron chi connectivity index (χ0n) is 19.2. The Morgan fingerprint density at radius 1 is 1.00 bits per heavy atom. The van der Waals surface area contributed by atoms with Gasteiger partial charge in [0.05, 0.1) is 12.1 Å². The number of carbonyl (C=O) groups excluding carboxylic acids is 1. The van der Waals surface area contributed by atoms with Crippen LogP contribution in [0.5, 0.6) is 0 Å². The third-order valence-corrected chi connectivity index (χ3v) is 6.10. The number of hydrogen-bond acceptors (Lipinski definition) is 3. The molecule has 2 amide bonds. The summed E-state index contributed by atoms with van der Waals surface area (Å²) in [7, 11) is 0. The first kappa shape index (κ1) is 23.8. The monoisotopic (exact) mass is 454 g/mol. The fourth-order valence-electron chi connectivity index (χ4n) is 3.73. The van der Waals surface area contributed by atoms with Gasteiger partial charge in [-0.15, -0.1) is 0 Å². The second kappa shape index (κ2) is 10.7. The first-order valence-corrected chi connectivity index (χ1v) is 11.4. The third-order valence-electron chi connectivity index (χ3n) is 5.85. The minimum Gasteiger partial charge on any atom is -0.321 e. The molecule has 0 aliphatic rings. The minimum absolute atomic E-state index is 0.168. The molecule has 0 saturated heterocycles. The average Bonchev–Trinajstić information content (AvgIpc) is 2.78. The second-order valence-corrected chi connectivity index (χ2v) is 8.43. The Balaban J connectivity index is 1.89. The molecule has 1 aromatic heterocycles. The Labute approximate surface area is 194 Å². The predicted octanol–water partition coefficient (Wildman–Crippen LogP) is 5.17. The number of anilines is 1. The van der Waals surface area contributed by atoms with E-state index in [-0.39, 0.29) is 18.1 Å². The number of amides is 2. The summed E-state index contributed by atoms with van der Waals surface area (Å²) in [6.07, 6.45) is 0. The van der Waals surface area contributed by atoms with Crippen molar-refractivity contribution in [3.8, 4) is 0 Å². The molecular weight excluding hydrogens is 424 g/mol. The van der Waals surface area contributed by atoms with Gasteiger partial charge in [-0.05, 0) is 68.4 Å². The molecule has 1 heterocycles. The maximum atomic E-state index is 13.1. The average molecular weight is 455 g/mol. The van der Waals surface area contributed by atoms with E-state index < -0.39 is 0 Å². The molecule has 6 nitrogen and oxygen atoms in total. The molecule has 3 rings (SSSR count). The quantitative estimate of drug-likeness (QED) is 0.493. The second-order valence-electron chi connectivity index (χ2n) is 8.00. The van der Waals surface area contributed by atoms with Gasteiger partial charge in [0.1, 0.15) is 0 Å². The van der Waals surface area contributed by atoms with Gasteiger partial charge in [0.25, 0.3) is 5.56 Å². The normalized spacial score (nSPS) is 11.2. The summed E-state index contributed by atoms with van der Waals surface area (Å²) in [6, 6.07) is 12.7. The maximum absolute atomic E-state index is 13.1. The Morgan fingerprint density at radius 2 is 1.66 bits per heavy atom. The summed E-state index contributed by atoms with van der Waals surface area (Å²) in [4.78, 5) is 33.0. The topological polar surface area (TPSA) is 68.4 Å². The van der Waals surface area contributed by atoms with Crippen molar-refractivity contribution in [2.75, 3.05) is 31.5 Å². The first-order chi connectivity index (χ1) is 15.3. The van der Waals surface area contributed by atoms with Crippen molar-refractivity contribution in [2.45, 2.75) is 34.2 Å². The van der Waals surface area contributed by atoms with Gasteiger partial charge < -0.3 is 20.1 Å². The van der Waals surface area contributed by atoms with Gasteiger partial charge in [0, 0.05) is 34.7 Å². The number of likely N-dealkylation sites (N-methyl/N-ethyl adjacent to an activating group) is 1. The molecule has 2 N–H and O–H groups in total. The number of hydrogen-bond donors (Lipinski definition) is 2. The third kappa shape index (κ3) is 5.69. The van der Waals surface area contributed by atoms with Crippen molar-refractivity contribution >= 4 is 34.2 Å². The minimum atomic E-state index is -0.250. The van der Waals surface area contributed by atoms with Crippen LogP contribution in [0.1, 0.15) is 30.5 Å². The van der Waals surface area contributed by atoms with Crippen molar-refractivity contribution < 1.29 is 4.79 Å². The number of fused-ring (bicyclic) bond motifs is 1. The molecule has 0 aliphatic carbocycles. The molecule has 32 heavy (non-hydrogen) atoms. The van der Waals surface area contributed by atoms with Gasteiger partial charge in [0.2, 0.25) is 0 Å². The van der Waals surface area contributed by atoms with E-state index in [1.54, 1.807) is 29.2 Å². The van der Waals surface area contributed by atoms with E-state index in [0.717, 1.165) is 41.7 Å². The van der Waals surface area contributed by atoms with Crippen LogP contribution >= 0.6 is 11.6 Å². The number of aromatic nitrogens is 1. The number of halogens is 1. The number of H-pyrrole nitrogens is 1. The van der Waals surface area contributed by atoms with Crippen LogP contribution in [0, 0.1) is 13.8 Å². The highest BCUT2D eigenvalue weighted by molar-refractivity contribution is 6.30. The van der Waals surface area contributed by atoms with Crippen molar-refractivity contribution in [2.24, 2.45) is 0 Å². The molecule has 0 saturated carbocycles. The van der Waals surface area contributed by atoms with Crippen LogP contribution in [0.25, 0.3) is 10.9 Å². The number of nitrogens with one attached hydrogen (secondary N) is 2.